The van der Waals surface area contributed by atoms with Gasteiger partial charge in [-0.25, -0.2) is 23.5 Å². The molecule has 10 nitrogen and oxygen atoms in total. The van der Waals surface area contributed by atoms with Crippen LogP contribution in [0.15, 0.2) is 18.2 Å². The van der Waals surface area contributed by atoms with E-state index < -0.39 is 37.2 Å². The number of fused-ring (bicyclic) bond motifs is 3. The van der Waals surface area contributed by atoms with Crippen molar-refractivity contribution < 1.29 is 32.6 Å². The first-order valence-electron chi connectivity index (χ1n) is 9.29. The molecule has 0 bridgehead atoms. The van der Waals surface area contributed by atoms with Crippen LogP contribution in [-0.4, -0.2) is 53.3 Å². The number of ether oxygens (including phenoxy) is 3. The second-order valence-corrected chi connectivity index (χ2v) is 6.89. The Labute approximate surface area is 174 Å². The minimum Gasteiger partial charge on any atom is -0.491 e. The third kappa shape index (κ3) is 3.48. The number of alkyl halides is 2. The minimum absolute atomic E-state index is 0.0568. The van der Waals surface area contributed by atoms with E-state index in [1.807, 2.05) is 6.07 Å². The fourth-order valence-electron chi connectivity index (χ4n) is 3.40. The van der Waals surface area contributed by atoms with Gasteiger partial charge < -0.3 is 24.5 Å². The van der Waals surface area contributed by atoms with Gasteiger partial charge in [-0.3, -0.25) is 4.79 Å². The Balaban J connectivity index is 1.78. The second-order valence-electron chi connectivity index (χ2n) is 6.89. The molecule has 31 heavy (non-hydrogen) atoms. The first-order valence-corrected chi connectivity index (χ1v) is 9.29. The first kappa shape index (κ1) is 20.4. The van der Waals surface area contributed by atoms with Gasteiger partial charge in [0.05, 0.1) is 12.1 Å². The molecule has 2 amide bonds. The van der Waals surface area contributed by atoms with E-state index in [0.717, 1.165) is 4.90 Å². The van der Waals surface area contributed by atoms with Gasteiger partial charge in [0.1, 0.15) is 42.6 Å². The molecule has 3 heterocycles. The Morgan fingerprint density at radius 2 is 2.19 bits per heavy atom. The zero-order valence-corrected chi connectivity index (χ0v) is 16.2. The van der Waals surface area contributed by atoms with Gasteiger partial charge in [-0.1, -0.05) is 0 Å². The number of carbonyl (C=O) groups excluding carboxylic acids is 2. The Morgan fingerprint density at radius 1 is 1.42 bits per heavy atom. The van der Waals surface area contributed by atoms with Crippen molar-refractivity contribution in [2.24, 2.45) is 5.73 Å². The number of nitrogens with two attached hydrogens (primary N) is 1. The van der Waals surface area contributed by atoms with E-state index in [1.54, 1.807) is 12.1 Å². The summed E-state index contributed by atoms with van der Waals surface area (Å²) in [5.74, 6) is 0.109. The van der Waals surface area contributed by atoms with Gasteiger partial charge >= 0.3 is 6.09 Å². The van der Waals surface area contributed by atoms with Crippen molar-refractivity contribution in [2.75, 3.05) is 18.1 Å². The van der Waals surface area contributed by atoms with Crippen molar-refractivity contribution in [1.29, 1.82) is 5.26 Å². The van der Waals surface area contributed by atoms with Crippen LogP contribution in [-0.2, 0) is 16.1 Å². The molecular formula is C19H17F2N5O5. The molecule has 1 unspecified atom stereocenters. The quantitative estimate of drug-likeness (QED) is 0.758. The van der Waals surface area contributed by atoms with Gasteiger partial charge in [-0.2, -0.15) is 5.26 Å². The third-order valence-electron chi connectivity index (χ3n) is 4.96. The Hall–Kier alpha value is -3.88. The van der Waals surface area contributed by atoms with Crippen molar-refractivity contribution in [3.63, 3.8) is 0 Å². The lowest BCUT2D eigenvalue weighted by Crippen LogP contribution is -2.39. The number of aromatic nitrogens is 2. The molecule has 2 atom stereocenters. The van der Waals surface area contributed by atoms with E-state index in [2.05, 4.69) is 4.98 Å². The minimum atomic E-state index is -2.87. The van der Waals surface area contributed by atoms with Gasteiger partial charge in [0.15, 0.2) is 17.6 Å². The largest absolute Gasteiger partial charge is 0.491 e. The number of primary amides is 1. The van der Waals surface area contributed by atoms with Crippen LogP contribution >= 0.6 is 0 Å². The van der Waals surface area contributed by atoms with E-state index >= 15 is 0 Å². The lowest BCUT2D eigenvalue weighted by Gasteiger charge is -2.18. The molecule has 1 aromatic carbocycles. The Kier molecular flexibility index (Phi) is 5.10. The number of rotatable bonds is 5. The summed E-state index contributed by atoms with van der Waals surface area (Å²) in [7, 11) is 0. The summed E-state index contributed by atoms with van der Waals surface area (Å²) in [6, 6.07) is 5.10. The number of cyclic esters (lactones) is 1. The summed E-state index contributed by atoms with van der Waals surface area (Å²) in [5, 5.41) is 9.69. The highest BCUT2D eigenvalue weighted by Gasteiger charge is 2.43. The average Bonchev–Trinajstić information content (AvgIpc) is 3.22. The monoisotopic (exact) mass is 433 g/mol. The molecule has 4 rings (SSSR count). The standard InChI is InChI=1S/C19H17F2N5O5/c1-9(16(23)27)31-10-2-3-11-14(6-10)29-5-4-25-12(7-22)18(24-17(11)25)26-13(15(20)21)8-30-19(26)28/h2-3,6,9,13,15H,4-5,8H2,1H3,(H2,23,27)/t9-,13?/m0/s1. The molecule has 2 aliphatic rings. The summed E-state index contributed by atoms with van der Waals surface area (Å²) in [4.78, 5) is 28.4. The van der Waals surface area contributed by atoms with Crippen molar-refractivity contribution in [1.82, 2.24) is 9.55 Å². The molecule has 1 aromatic heterocycles. The van der Waals surface area contributed by atoms with E-state index in [0.29, 0.717) is 17.1 Å². The summed E-state index contributed by atoms with van der Waals surface area (Å²) >= 11 is 0. The van der Waals surface area contributed by atoms with Crippen molar-refractivity contribution in [3.8, 4) is 29.0 Å². The van der Waals surface area contributed by atoms with E-state index in [9.17, 15) is 23.6 Å². The smallest absolute Gasteiger partial charge is 0.416 e. The molecule has 0 saturated carbocycles. The maximum atomic E-state index is 13.4. The van der Waals surface area contributed by atoms with E-state index in [4.69, 9.17) is 19.9 Å². The number of hydrogen-bond donors (Lipinski definition) is 1. The highest BCUT2D eigenvalue weighted by atomic mass is 19.3. The van der Waals surface area contributed by atoms with E-state index in [-0.39, 0.29) is 30.5 Å². The molecule has 0 aliphatic carbocycles. The fraction of sp³-hybridized carbons (Fsp3) is 0.368. The molecule has 12 heteroatoms. The number of hydrogen-bond acceptors (Lipinski definition) is 7. The maximum absolute atomic E-state index is 13.4. The molecule has 2 aromatic rings. The van der Waals surface area contributed by atoms with Crippen molar-refractivity contribution in [2.45, 2.75) is 32.0 Å². The van der Waals surface area contributed by atoms with Crippen LogP contribution in [0.1, 0.15) is 12.6 Å². The van der Waals surface area contributed by atoms with Gasteiger partial charge in [-0.05, 0) is 19.1 Å². The van der Waals surface area contributed by atoms with Crippen molar-refractivity contribution in [3.05, 3.63) is 23.9 Å². The summed E-state index contributed by atoms with van der Waals surface area (Å²) in [6.07, 6.45) is -4.73. The predicted molar refractivity (Wildman–Crippen MR) is 101 cm³/mol. The van der Waals surface area contributed by atoms with E-state index in [1.165, 1.54) is 17.6 Å². The Morgan fingerprint density at radius 3 is 2.87 bits per heavy atom. The molecule has 1 fully saturated rings. The number of halogens is 2. The predicted octanol–water partition coefficient (Wildman–Crippen LogP) is 1.66. The number of nitriles is 1. The van der Waals surface area contributed by atoms with Crippen molar-refractivity contribution >= 4 is 17.8 Å². The molecule has 162 valence electrons. The lowest BCUT2D eigenvalue weighted by atomic mass is 10.1. The van der Waals surface area contributed by atoms with Crippen LogP contribution in [0.25, 0.3) is 11.4 Å². The van der Waals surface area contributed by atoms with Gasteiger partial charge in [-0.15, -0.1) is 0 Å². The second kappa shape index (κ2) is 7.75. The number of amides is 2. The highest BCUT2D eigenvalue weighted by molar-refractivity contribution is 5.91. The molecule has 1 saturated heterocycles. The molecule has 2 N–H and O–H groups in total. The number of nitrogens with zero attached hydrogens (tertiary/aromatic N) is 4. The van der Waals surface area contributed by atoms with Gasteiger partial charge in [0, 0.05) is 6.07 Å². The SMILES string of the molecule is C[C@H](Oc1ccc2c(c1)OCCn1c-2nc(N2C(=O)OCC2C(F)F)c1C#N)C(N)=O. The van der Waals surface area contributed by atoms with Crippen LogP contribution in [0.3, 0.4) is 0 Å². The van der Waals surface area contributed by atoms with Crippen LogP contribution < -0.4 is 20.1 Å². The zero-order chi connectivity index (χ0) is 22.3. The highest BCUT2D eigenvalue weighted by Crippen LogP contribution is 2.39. The van der Waals surface area contributed by atoms with Crippen LogP contribution in [0, 0.1) is 11.3 Å². The maximum Gasteiger partial charge on any atom is 0.416 e. The van der Waals surface area contributed by atoms with Crippen LogP contribution in [0.2, 0.25) is 0 Å². The number of imidazole rings is 1. The Bertz CT molecular complexity index is 1100. The normalized spacial score (nSPS) is 18.4. The number of carbonyl (C=O) groups is 2. The number of anilines is 1. The van der Waals surface area contributed by atoms with Crippen LogP contribution in [0.4, 0.5) is 19.4 Å². The van der Waals surface area contributed by atoms with Crippen LogP contribution in [0.5, 0.6) is 11.5 Å². The summed E-state index contributed by atoms with van der Waals surface area (Å²) < 4.78 is 44.3. The summed E-state index contributed by atoms with van der Waals surface area (Å²) in [5.41, 5.74) is 5.62. The van der Waals surface area contributed by atoms with Gasteiger partial charge in [0.2, 0.25) is 0 Å². The third-order valence-corrected chi connectivity index (χ3v) is 4.96. The summed E-state index contributed by atoms with van der Waals surface area (Å²) in [6.45, 7) is 1.33. The zero-order valence-electron chi connectivity index (χ0n) is 16.2. The molecular weight excluding hydrogens is 416 g/mol. The molecule has 0 spiro atoms. The molecule has 2 aliphatic heterocycles. The first-order chi connectivity index (χ1) is 14.8. The average molecular weight is 433 g/mol. The number of benzene rings is 1. The van der Waals surface area contributed by atoms with Gasteiger partial charge in [0.25, 0.3) is 12.3 Å². The molecule has 0 radical (unpaired) electrons. The fourth-order valence-corrected chi connectivity index (χ4v) is 3.40. The lowest BCUT2D eigenvalue weighted by molar-refractivity contribution is -0.123. The topological polar surface area (TPSA) is 133 Å².